The van der Waals surface area contributed by atoms with Crippen molar-refractivity contribution in [2.75, 3.05) is 16.3 Å². The number of aromatic nitrogens is 4. The number of halogens is 1. The van der Waals surface area contributed by atoms with Gasteiger partial charge in [-0.15, -0.1) is 16.4 Å². The molecule has 3 heterocycles. The summed E-state index contributed by atoms with van der Waals surface area (Å²) >= 11 is 7.43. The molecule has 10 nitrogen and oxygen atoms in total. The van der Waals surface area contributed by atoms with E-state index in [9.17, 15) is 13.2 Å². The molecule has 160 valence electrons. The van der Waals surface area contributed by atoms with Crippen LogP contribution in [0.3, 0.4) is 0 Å². The van der Waals surface area contributed by atoms with Crippen molar-refractivity contribution in [3.8, 4) is 11.4 Å². The number of ether oxygens (including phenoxy) is 1. The van der Waals surface area contributed by atoms with Gasteiger partial charge >= 0.3 is 6.09 Å². The molecule has 3 aromatic rings. The van der Waals surface area contributed by atoms with Crippen LogP contribution in [-0.2, 0) is 21.8 Å². The zero-order valence-electron chi connectivity index (χ0n) is 16.5. The van der Waals surface area contributed by atoms with E-state index in [1.165, 1.54) is 28.3 Å². The smallest absolute Gasteiger partial charge is 0.413 e. The molecular formula is C17H19ClN6O4S2. The first kappa shape index (κ1) is 22.0. The number of carbonyl (C=O) groups excluding carboxylic acids is 1. The van der Waals surface area contributed by atoms with Gasteiger partial charge in [0.25, 0.3) is 0 Å². The Morgan fingerprint density at radius 1 is 1.37 bits per heavy atom. The van der Waals surface area contributed by atoms with E-state index in [-0.39, 0.29) is 5.82 Å². The van der Waals surface area contributed by atoms with Gasteiger partial charge in [-0.25, -0.2) is 17.9 Å². The molecule has 0 aliphatic carbocycles. The molecule has 0 bridgehead atoms. The van der Waals surface area contributed by atoms with E-state index in [4.69, 9.17) is 16.3 Å². The van der Waals surface area contributed by atoms with Crippen molar-refractivity contribution in [2.45, 2.75) is 20.0 Å². The SMILES string of the molecule is Cc1sc(Cl)cc1[C@@H](C)OC(=O)Nc1c(-c2ccc(NS(C)(=O)=O)cn2)nnn1C. The maximum absolute atomic E-state index is 12.4. The van der Waals surface area contributed by atoms with E-state index in [2.05, 4.69) is 25.3 Å². The van der Waals surface area contributed by atoms with Crippen LogP contribution < -0.4 is 10.0 Å². The molecule has 30 heavy (non-hydrogen) atoms. The van der Waals surface area contributed by atoms with Gasteiger partial charge in [-0.2, -0.15) is 0 Å². The van der Waals surface area contributed by atoms with Crippen molar-refractivity contribution < 1.29 is 17.9 Å². The first-order chi connectivity index (χ1) is 14.0. The van der Waals surface area contributed by atoms with Crippen LogP contribution in [0.15, 0.2) is 24.4 Å². The summed E-state index contributed by atoms with van der Waals surface area (Å²) < 4.78 is 32.4. The van der Waals surface area contributed by atoms with E-state index in [0.717, 1.165) is 16.7 Å². The lowest BCUT2D eigenvalue weighted by atomic mass is 10.2. The number of pyridine rings is 1. The lowest BCUT2D eigenvalue weighted by Crippen LogP contribution is -2.18. The zero-order valence-corrected chi connectivity index (χ0v) is 18.9. The van der Waals surface area contributed by atoms with Crippen LogP contribution in [0.2, 0.25) is 4.34 Å². The van der Waals surface area contributed by atoms with Crippen LogP contribution in [0.1, 0.15) is 23.5 Å². The summed E-state index contributed by atoms with van der Waals surface area (Å²) in [5.74, 6) is 0.281. The first-order valence-corrected chi connectivity index (χ1v) is 11.7. The van der Waals surface area contributed by atoms with Crippen LogP contribution in [-0.4, -0.2) is 40.7 Å². The number of amides is 1. The third kappa shape index (κ3) is 5.26. The summed E-state index contributed by atoms with van der Waals surface area (Å²) in [6.07, 6.45) is 1.20. The molecule has 0 fully saturated rings. The molecule has 2 N–H and O–H groups in total. The molecule has 0 aliphatic rings. The highest BCUT2D eigenvalue weighted by molar-refractivity contribution is 7.92. The lowest BCUT2D eigenvalue weighted by molar-refractivity contribution is 0.121. The van der Waals surface area contributed by atoms with Crippen molar-refractivity contribution in [1.82, 2.24) is 20.0 Å². The maximum Gasteiger partial charge on any atom is 0.413 e. The third-order valence-corrected chi connectivity index (χ3v) is 5.81. The average Bonchev–Trinajstić information content (AvgIpc) is 3.16. The Hall–Kier alpha value is -2.70. The second-order valence-corrected chi connectivity index (χ2v) is 10.1. The molecule has 13 heteroatoms. The highest BCUT2D eigenvalue weighted by Gasteiger charge is 2.21. The lowest BCUT2D eigenvalue weighted by Gasteiger charge is -2.14. The van der Waals surface area contributed by atoms with Gasteiger partial charge in [0, 0.05) is 17.5 Å². The molecule has 0 unspecified atom stereocenters. The number of hydrogen-bond acceptors (Lipinski definition) is 8. The van der Waals surface area contributed by atoms with Gasteiger partial charge in [0.05, 0.1) is 28.2 Å². The van der Waals surface area contributed by atoms with E-state index in [0.29, 0.717) is 21.4 Å². The molecule has 1 amide bonds. The van der Waals surface area contributed by atoms with E-state index in [1.807, 2.05) is 6.92 Å². The topological polar surface area (TPSA) is 128 Å². The summed E-state index contributed by atoms with van der Waals surface area (Å²) in [5, 5.41) is 10.6. The Kier molecular flexibility index (Phi) is 6.29. The van der Waals surface area contributed by atoms with Crippen LogP contribution in [0.25, 0.3) is 11.4 Å². The summed E-state index contributed by atoms with van der Waals surface area (Å²) in [5.41, 5.74) is 1.84. The predicted molar refractivity (Wildman–Crippen MR) is 115 cm³/mol. The summed E-state index contributed by atoms with van der Waals surface area (Å²) in [6, 6.07) is 4.87. The minimum Gasteiger partial charge on any atom is -0.441 e. The zero-order chi connectivity index (χ0) is 22.1. The summed E-state index contributed by atoms with van der Waals surface area (Å²) in [6.45, 7) is 3.66. The molecule has 3 aromatic heterocycles. The van der Waals surface area contributed by atoms with E-state index in [1.54, 1.807) is 26.1 Å². The van der Waals surface area contributed by atoms with Crippen LogP contribution in [0.4, 0.5) is 16.3 Å². The monoisotopic (exact) mass is 470 g/mol. The Balaban J connectivity index is 1.75. The minimum absolute atomic E-state index is 0.281. The Bertz CT molecular complexity index is 1170. The number of nitrogens with zero attached hydrogens (tertiary/aromatic N) is 4. The Morgan fingerprint density at radius 3 is 2.67 bits per heavy atom. The number of hydrogen-bond donors (Lipinski definition) is 2. The van der Waals surface area contributed by atoms with Crippen molar-refractivity contribution in [1.29, 1.82) is 0 Å². The van der Waals surface area contributed by atoms with Gasteiger partial charge in [0.2, 0.25) is 10.0 Å². The van der Waals surface area contributed by atoms with Gasteiger partial charge in [-0.3, -0.25) is 15.0 Å². The molecule has 0 radical (unpaired) electrons. The number of carbonyl (C=O) groups is 1. The minimum atomic E-state index is -3.41. The third-order valence-electron chi connectivity index (χ3n) is 4.00. The molecule has 0 spiro atoms. The fourth-order valence-electron chi connectivity index (χ4n) is 2.69. The molecule has 3 rings (SSSR count). The Morgan fingerprint density at radius 2 is 2.10 bits per heavy atom. The highest BCUT2D eigenvalue weighted by Crippen LogP contribution is 2.32. The second kappa shape index (κ2) is 8.58. The number of aryl methyl sites for hydroxylation is 2. The summed E-state index contributed by atoms with van der Waals surface area (Å²) in [7, 11) is -1.80. The number of rotatable bonds is 6. The van der Waals surface area contributed by atoms with Crippen LogP contribution >= 0.6 is 22.9 Å². The van der Waals surface area contributed by atoms with Gasteiger partial charge in [-0.1, -0.05) is 16.8 Å². The quantitative estimate of drug-likeness (QED) is 0.563. The average molecular weight is 471 g/mol. The molecular weight excluding hydrogens is 452 g/mol. The number of thiophene rings is 1. The molecule has 0 saturated heterocycles. The summed E-state index contributed by atoms with van der Waals surface area (Å²) in [4.78, 5) is 17.6. The van der Waals surface area contributed by atoms with Gasteiger partial charge in [-0.05, 0) is 32.0 Å². The van der Waals surface area contributed by atoms with Gasteiger partial charge in [0.1, 0.15) is 6.10 Å². The number of sulfonamides is 1. The van der Waals surface area contributed by atoms with Gasteiger partial charge < -0.3 is 4.74 Å². The fourth-order valence-corrected chi connectivity index (χ4v) is 4.53. The van der Waals surface area contributed by atoms with Crippen molar-refractivity contribution in [2.24, 2.45) is 7.05 Å². The molecule has 0 aliphatic heterocycles. The van der Waals surface area contributed by atoms with Crippen molar-refractivity contribution in [3.05, 3.63) is 39.2 Å². The van der Waals surface area contributed by atoms with Crippen LogP contribution in [0, 0.1) is 6.92 Å². The Labute approximate surface area is 182 Å². The molecule has 0 aromatic carbocycles. The largest absolute Gasteiger partial charge is 0.441 e. The molecule has 1 atom stereocenters. The predicted octanol–water partition coefficient (Wildman–Crippen LogP) is 3.58. The molecule has 0 saturated carbocycles. The van der Waals surface area contributed by atoms with E-state index < -0.39 is 22.2 Å². The fraction of sp³-hybridized carbons (Fsp3) is 0.294. The standard InChI is InChI=1S/C17H19ClN6O4S2/c1-9(12-7-14(18)29-10(12)2)28-17(25)20-16-15(21-23-24(16)3)13-6-5-11(8-19-13)22-30(4,26)27/h5-9,22H,1-4H3,(H,20,25)/t9-/m1/s1. The number of anilines is 2. The van der Waals surface area contributed by atoms with Gasteiger partial charge in [0.15, 0.2) is 11.5 Å². The van der Waals surface area contributed by atoms with Crippen LogP contribution in [0.5, 0.6) is 0 Å². The normalized spacial score (nSPS) is 12.4. The first-order valence-electron chi connectivity index (χ1n) is 8.61. The number of nitrogens with one attached hydrogen (secondary N) is 2. The van der Waals surface area contributed by atoms with Crippen molar-refractivity contribution >= 4 is 50.6 Å². The van der Waals surface area contributed by atoms with Crippen molar-refractivity contribution in [3.63, 3.8) is 0 Å². The maximum atomic E-state index is 12.4. The highest BCUT2D eigenvalue weighted by atomic mass is 35.5. The second-order valence-electron chi connectivity index (χ2n) is 6.45. The van der Waals surface area contributed by atoms with E-state index >= 15 is 0 Å².